The minimum atomic E-state index is -3.70. The summed E-state index contributed by atoms with van der Waals surface area (Å²) in [5.41, 5.74) is 0.768. The number of aromatic amines is 1. The fraction of sp³-hybridized carbons (Fsp3) is 0.250. The Hall–Kier alpha value is -2.22. The molecule has 1 aromatic heterocycles. The number of hydrogen-bond acceptors (Lipinski definition) is 5. The molecule has 0 atom stereocenters. The molecule has 0 fully saturated rings. The Kier molecular flexibility index (Phi) is 3.01. The first-order valence-corrected chi connectivity index (χ1v) is 7.47. The van der Waals surface area contributed by atoms with E-state index in [0.717, 1.165) is 5.69 Å². The second-order valence-corrected chi connectivity index (χ2v) is 6.03. The van der Waals surface area contributed by atoms with Gasteiger partial charge < -0.3 is 9.47 Å². The van der Waals surface area contributed by atoms with E-state index in [-0.39, 0.29) is 10.7 Å². The second-order valence-electron chi connectivity index (χ2n) is 4.35. The number of hydrogen-bond donors (Lipinski definition) is 2. The molecule has 1 aromatic carbocycles. The van der Waals surface area contributed by atoms with Gasteiger partial charge in [0.1, 0.15) is 13.2 Å². The van der Waals surface area contributed by atoms with Crippen LogP contribution >= 0.6 is 0 Å². The van der Waals surface area contributed by atoms with Gasteiger partial charge in [-0.1, -0.05) is 0 Å². The van der Waals surface area contributed by atoms with Crippen LogP contribution in [0.4, 0.5) is 5.82 Å². The topological polar surface area (TPSA) is 93.3 Å². The first-order valence-electron chi connectivity index (χ1n) is 5.99. The van der Waals surface area contributed by atoms with Crippen molar-refractivity contribution in [2.45, 2.75) is 11.8 Å². The summed E-state index contributed by atoms with van der Waals surface area (Å²) in [5, 5.41) is 6.51. The van der Waals surface area contributed by atoms with Gasteiger partial charge in [0.2, 0.25) is 0 Å². The number of aryl methyl sites for hydroxylation is 1. The molecule has 0 amide bonds. The smallest absolute Gasteiger partial charge is 0.263 e. The van der Waals surface area contributed by atoms with Gasteiger partial charge in [-0.05, 0) is 19.1 Å². The van der Waals surface area contributed by atoms with Crippen LogP contribution in [0.5, 0.6) is 11.5 Å². The van der Waals surface area contributed by atoms with Crippen molar-refractivity contribution in [3.63, 3.8) is 0 Å². The predicted molar refractivity (Wildman–Crippen MR) is 71.6 cm³/mol. The van der Waals surface area contributed by atoms with Crippen molar-refractivity contribution in [1.29, 1.82) is 0 Å². The summed E-state index contributed by atoms with van der Waals surface area (Å²) in [6.45, 7) is 2.65. The molecule has 0 spiro atoms. The zero-order chi connectivity index (χ0) is 14.2. The molecule has 3 rings (SSSR count). The van der Waals surface area contributed by atoms with Gasteiger partial charge in [-0.2, -0.15) is 5.10 Å². The Balaban J connectivity index is 1.91. The minimum Gasteiger partial charge on any atom is -0.486 e. The highest BCUT2D eigenvalue weighted by atomic mass is 32.2. The molecule has 1 aliphatic rings. The number of rotatable bonds is 3. The summed E-state index contributed by atoms with van der Waals surface area (Å²) in [4.78, 5) is 0.0994. The molecule has 2 heterocycles. The SMILES string of the molecule is Cc1cc(NS(=O)(=O)c2ccc3c(c2)OCCO3)n[nH]1. The fourth-order valence-corrected chi connectivity index (χ4v) is 2.86. The largest absolute Gasteiger partial charge is 0.486 e. The lowest BCUT2D eigenvalue weighted by atomic mass is 10.3. The number of anilines is 1. The Bertz CT molecular complexity index is 739. The minimum absolute atomic E-state index is 0.0994. The van der Waals surface area contributed by atoms with E-state index in [1.807, 2.05) is 0 Å². The van der Waals surface area contributed by atoms with Crippen LogP contribution in [0.1, 0.15) is 5.69 Å². The van der Waals surface area contributed by atoms with E-state index in [0.29, 0.717) is 24.7 Å². The van der Waals surface area contributed by atoms with E-state index in [4.69, 9.17) is 9.47 Å². The van der Waals surface area contributed by atoms with E-state index in [1.54, 1.807) is 19.1 Å². The quantitative estimate of drug-likeness (QED) is 0.890. The Morgan fingerprint density at radius 3 is 2.65 bits per heavy atom. The van der Waals surface area contributed by atoms with Crippen molar-refractivity contribution in [3.8, 4) is 11.5 Å². The van der Waals surface area contributed by atoms with Crippen LogP contribution in [0.3, 0.4) is 0 Å². The van der Waals surface area contributed by atoms with Crippen molar-refractivity contribution in [2.75, 3.05) is 17.9 Å². The maximum absolute atomic E-state index is 12.2. The van der Waals surface area contributed by atoms with Crippen LogP contribution in [0.2, 0.25) is 0 Å². The summed E-state index contributed by atoms with van der Waals surface area (Å²) < 4.78 is 37.6. The molecule has 0 aliphatic carbocycles. The Morgan fingerprint density at radius 2 is 1.95 bits per heavy atom. The van der Waals surface area contributed by atoms with Gasteiger partial charge in [0.15, 0.2) is 17.3 Å². The number of sulfonamides is 1. The molecule has 0 saturated heterocycles. The molecule has 8 heteroatoms. The lowest BCUT2D eigenvalue weighted by molar-refractivity contribution is 0.171. The van der Waals surface area contributed by atoms with Crippen LogP contribution in [-0.2, 0) is 10.0 Å². The number of aromatic nitrogens is 2. The third-order valence-corrected chi connectivity index (χ3v) is 4.12. The molecule has 20 heavy (non-hydrogen) atoms. The lowest BCUT2D eigenvalue weighted by Crippen LogP contribution is -2.17. The normalized spacial score (nSPS) is 14.1. The number of nitrogens with one attached hydrogen (secondary N) is 2. The molecular weight excluding hydrogens is 282 g/mol. The van der Waals surface area contributed by atoms with Gasteiger partial charge in [0, 0.05) is 17.8 Å². The average Bonchev–Trinajstić information content (AvgIpc) is 2.83. The van der Waals surface area contributed by atoms with Crippen molar-refractivity contribution in [1.82, 2.24) is 10.2 Å². The molecule has 7 nitrogen and oxygen atoms in total. The highest BCUT2D eigenvalue weighted by Gasteiger charge is 2.20. The van der Waals surface area contributed by atoms with E-state index < -0.39 is 10.0 Å². The van der Waals surface area contributed by atoms with Crippen LogP contribution in [-0.4, -0.2) is 31.8 Å². The van der Waals surface area contributed by atoms with Gasteiger partial charge in [0.05, 0.1) is 4.90 Å². The standard InChI is InChI=1S/C12H13N3O4S/c1-8-6-12(14-13-8)15-20(16,17)9-2-3-10-11(7-9)19-5-4-18-10/h2-3,6-7H,4-5H2,1H3,(H2,13,14,15). The van der Waals surface area contributed by atoms with Gasteiger partial charge in [0.25, 0.3) is 10.0 Å². The van der Waals surface area contributed by atoms with Crippen molar-refractivity contribution in [2.24, 2.45) is 0 Å². The number of ether oxygens (including phenoxy) is 2. The van der Waals surface area contributed by atoms with Gasteiger partial charge in [-0.25, -0.2) is 8.42 Å². The Morgan fingerprint density at radius 1 is 1.20 bits per heavy atom. The number of benzene rings is 1. The van der Waals surface area contributed by atoms with Crippen LogP contribution in [0, 0.1) is 6.92 Å². The van der Waals surface area contributed by atoms with Crippen LogP contribution in [0.15, 0.2) is 29.2 Å². The predicted octanol–water partition coefficient (Wildman–Crippen LogP) is 1.29. The first-order chi connectivity index (χ1) is 9.54. The van der Waals surface area contributed by atoms with Crippen LogP contribution in [0.25, 0.3) is 0 Å². The van der Waals surface area contributed by atoms with E-state index in [1.165, 1.54) is 12.1 Å². The number of nitrogens with zero attached hydrogens (tertiary/aromatic N) is 1. The first kappa shape index (κ1) is 12.8. The third kappa shape index (κ3) is 2.42. The third-order valence-electron chi connectivity index (χ3n) is 2.77. The fourth-order valence-electron chi connectivity index (χ4n) is 1.86. The van der Waals surface area contributed by atoms with Crippen molar-refractivity contribution < 1.29 is 17.9 Å². The highest BCUT2D eigenvalue weighted by molar-refractivity contribution is 7.92. The summed E-state index contributed by atoms with van der Waals surface area (Å²) in [5.74, 6) is 1.22. The molecular formula is C12H13N3O4S. The summed E-state index contributed by atoms with van der Waals surface area (Å²) in [7, 11) is -3.70. The molecule has 2 N–H and O–H groups in total. The summed E-state index contributed by atoms with van der Waals surface area (Å²) in [6, 6.07) is 6.10. The Labute approximate surface area is 116 Å². The molecule has 1 aliphatic heterocycles. The lowest BCUT2D eigenvalue weighted by Gasteiger charge is -2.18. The molecule has 0 unspecified atom stereocenters. The zero-order valence-electron chi connectivity index (χ0n) is 10.7. The average molecular weight is 295 g/mol. The molecule has 106 valence electrons. The van der Waals surface area contributed by atoms with E-state index in [2.05, 4.69) is 14.9 Å². The monoisotopic (exact) mass is 295 g/mol. The summed E-state index contributed by atoms with van der Waals surface area (Å²) >= 11 is 0. The van der Waals surface area contributed by atoms with Gasteiger partial charge >= 0.3 is 0 Å². The highest BCUT2D eigenvalue weighted by Crippen LogP contribution is 2.32. The maximum atomic E-state index is 12.2. The van der Waals surface area contributed by atoms with E-state index in [9.17, 15) is 8.42 Å². The maximum Gasteiger partial charge on any atom is 0.263 e. The number of fused-ring (bicyclic) bond motifs is 1. The summed E-state index contributed by atoms with van der Waals surface area (Å²) in [6.07, 6.45) is 0. The van der Waals surface area contributed by atoms with Gasteiger partial charge in [-0.3, -0.25) is 9.82 Å². The van der Waals surface area contributed by atoms with Crippen LogP contribution < -0.4 is 14.2 Å². The van der Waals surface area contributed by atoms with Gasteiger partial charge in [-0.15, -0.1) is 0 Å². The second kappa shape index (κ2) is 4.71. The zero-order valence-corrected chi connectivity index (χ0v) is 11.5. The molecule has 0 radical (unpaired) electrons. The van der Waals surface area contributed by atoms with E-state index >= 15 is 0 Å². The number of H-pyrrole nitrogens is 1. The van der Waals surface area contributed by atoms with Crippen molar-refractivity contribution >= 4 is 15.8 Å². The van der Waals surface area contributed by atoms with Crippen molar-refractivity contribution in [3.05, 3.63) is 30.0 Å². The molecule has 0 saturated carbocycles. The molecule has 0 bridgehead atoms. The molecule has 2 aromatic rings.